The average Bonchev–Trinajstić information content (AvgIpc) is 2.49. The number of rotatable bonds is 7. The number of anilines is 1. The maximum absolute atomic E-state index is 5.65. The number of para-hydroxylation sites is 1. The highest BCUT2D eigenvalue weighted by molar-refractivity contribution is 5.53. The fourth-order valence-electron chi connectivity index (χ4n) is 1.96. The number of ether oxygens (including phenoxy) is 2. The first-order valence-corrected chi connectivity index (χ1v) is 6.86. The van der Waals surface area contributed by atoms with E-state index in [1.54, 1.807) is 7.11 Å². The molecule has 0 unspecified atom stereocenters. The molecule has 2 aromatic carbocycles. The maximum Gasteiger partial charge on any atom is 0.119 e. The van der Waals surface area contributed by atoms with Gasteiger partial charge in [0.05, 0.1) is 13.7 Å². The smallest absolute Gasteiger partial charge is 0.119 e. The lowest BCUT2D eigenvalue weighted by Crippen LogP contribution is -2.08. The molecule has 0 aliphatic rings. The summed E-state index contributed by atoms with van der Waals surface area (Å²) >= 11 is 0. The third kappa shape index (κ3) is 4.19. The van der Waals surface area contributed by atoms with Crippen LogP contribution < -0.4 is 14.8 Å². The lowest BCUT2D eigenvalue weighted by atomic mass is 10.2. The van der Waals surface area contributed by atoms with Crippen LogP contribution in [0.25, 0.3) is 0 Å². The summed E-state index contributed by atoms with van der Waals surface area (Å²) in [6.45, 7) is 3.68. The molecule has 20 heavy (non-hydrogen) atoms. The molecule has 0 bridgehead atoms. The van der Waals surface area contributed by atoms with Gasteiger partial charge in [0.25, 0.3) is 0 Å². The van der Waals surface area contributed by atoms with Gasteiger partial charge in [-0.15, -0.1) is 0 Å². The van der Waals surface area contributed by atoms with Crippen molar-refractivity contribution in [1.82, 2.24) is 0 Å². The predicted molar refractivity (Wildman–Crippen MR) is 82.8 cm³/mol. The van der Waals surface area contributed by atoms with Crippen LogP contribution in [0.1, 0.15) is 12.0 Å². The van der Waals surface area contributed by atoms with Crippen LogP contribution in [-0.2, 0) is 0 Å². The first-order valence-electron chi connectivity index (χ1n) is 6.86. The van der Waals surface area contributed by atoms with Crippen LogP contribution in [-0.4, -0.2) is 20.3 Å². The van der Waals surface area contributed by atoms with Crippen molar-refractivity contribution in [3.8, 4) is 11.5 Å². The van der Waals surface area contributed by atoms with Gasteiger partial charge < -0.3 is 14.8 Å². The van der Waals surface area contributed by atoms with Crippen molar-refractivity contribution in [3.63, 3.8) is 0 Å². The molecule has 1 N–H and O–H groups in total. The van der Waals surface area contributed by atoms with Crippen LogP contribution in [0, 0.1) is 6.92 Å². The topological polar surface area (TPSA) is 30.5 Å². The summed E-state index contributed by atoms with van der Waals surface area (Å²) < 4.78 is 10.8. The molecule has 0 aliphatic carbocycles. The molecule has 3 nitrogen and oxygen atoms in total. The molecule has 0 atom stereocenters. The standard InChI is InChI=1S/C17H21NO2/c1-14-13-16(19-2)9-10-17(14)18-11-6-12-20-15-7-4-3-5-8-15/h3-5,7-10,13,18H,6,11-12H2,1-2H3. The first-order chi connectivity index (χ1) is 9.79. The molecule has 0 aliphatic heterocycles. The van der Waals surface area contributed by atoms with Gasteiger partial charge in [-0.3, -0.25) is 0 Å². The lowest BCUT2D eigenvalue weighted by Gasteiger charge is -2.11. The SMILES string of the molecule is COc1ccc(NCCCOc2ccccc2)c(C)c1. The Kier molecular flexibility index (Phi) is 5.30. The van der Waals surface area contributed by atoms with E-state index >= 15 is 0 Å². The lowest BCUT2D eigenvalue weighted by molar-refractivity contribution is 0.315. The molecule has 2 rings (SSSR count). The van der Waals surface area contributed by atoms with Gasteiger partial charge in [-0.25, -0.2) is 0 Å². The molecule has 106 valence electrons. The molecule has 0 fully saturated rings. The number of hydrogen-bond donors (Lipinski definition) is 1. The quantitative estimate of drug-likeness (QED) is 0.775. The fourth-order valence-corrected chi connectivity index (χ4v) is 1.96. The summed E-state index contributed by atoms with van der Waals surface area (Å²) in [5, 5.41) is 3.41. The van der Waals surface area contributed by atoms with E-state index in [-0.39, 0.29) is 0 Å². The van der Waals surface area contributed by atoms with Gasteiger partial charge in [0.2, 0.25) is 0 Å². The zero-order chi connectivity index (χ0) is 14.2. The number of nitrogens with one attached hydrogen (secondary N) is 1. The van der Waals surface area contributed by atoms with Gasteiger partial charge in [0, 0.05) is 12.2 Å². The van der Waals surface area contributed by atoms with Crippen LogP contribution in [0.5, 0.6) is 11.5 Å². The molecule has 3 heteroatoms. The largest absolute Gasteiger partial charge is 0.497 e. The minimum Gasteiger partial charge on any atom is -0.497 e. The molecule has 0 aromatic heterocycles. The van der Waals surface area contributed by atoms with Gasteiger partial charge in [0.1, 0.15) is 11.5 Å². The van der Waals surface area contributed by atoms with Crippen molar-refractivity contribution in [2.45, 2.75) is 13.3 Å². The minimum atomic E-state index is 0.714. The molecule has 0 radical (unpaired) electrons. The zero-order valence-corrected chi connectivity index (χ0v) is 12.1. The number of aryl methyl sites for hydroxylation is 1. The minimum absolute atomic E-state index is 0.714. The Labute approximate surface area is 120 Å². The number of benzene rings is 2. The summed E-state index contributed by atoms with van der Waals surface area (Å²) in [7, 11) is 1.68. The molecule has 0 saturated heterocycles. The van der Waals surface area contributed by atoms with Crippen molar-refractivity contribution in [2.24, 2.45) is 0 Å². The Morgan fingerprint density at radius 1 is 1.00 bits per heavy atom. The second-order valence-electron chi connectivity index (χ2n) is 4.62. The fraction of sp³-hybridized carbons (Fsp3) is 0.294. The molecule has 0 spiro atoms. The van der Waals surface area contributed by atoms with E-state index in [9.17, 15) is 0 Å². The van der Waals surface area contributed by atoms with Crippen LogP contribution in [0.2, 0.25) is 0 Å². The van der Waals surface area contributed by atoms with Gasteiger partial charge >= 0.3 is 0 Å². The highest BCUT2D eigenvalue weighted by Gasteiger charge is 1.99. The third-order valence-corrected chi connectivity index (χ3v) is 3.08. The molecular formula is C17H21NO2. The summed E-state index contributed by atoms with van der Waals surface area (Å²) in [5.41, 5.74) is 2.33. The van der Waals surface area contributed by atoms with E-state index in [4.69, 9.17) is 9.47 Å². The second kappa shape index (κ2) is 7.43. The highest BCUT2D eigenvalue weighted by atomic mass is 16.5. The molecular weight excluding hydrogens is 250 g/mol. The van der Waals surface area contributed by atoms with Crippen LogP contribution >= 0.6 is 0 Å². The van der Waals surface area contributed by atoms with E-state index in [1.165, 1.54) is 5.56 Å². The van der Waals surface area contributed by atoms with Gasteiger partial charge in [-0.2, -0.15) is 0 Å². The summed E-state index contributed by atoms with van der Waals surface area (Å²) in [5.74, 6) is 1.81. The monoisotopic (exact) mass is 271 g/mol. The second-order valence-corrected chi connectivity index (χ2v) is 4.62. The molecule has 0 heterocycles. The number of methoxy groups -OCH3 is 1. The van der Waals surface area contributed by atoms with Crippen molar-refractivity contribution < 1.29 is 9.47 Å². The van der Waals surface area contributed by atoms with Crippen molar-refractivity contribution in [2.75, 3.05) is 25.6 Å². The van der Waals surface area contributed by atoms with Gasteiger partial charge in [-0.05, 0) is 49.2 Å². The van der Waals surface area contributed by atoms with E-state index in [2.05, 4.69) is 12.2 Å². The van der Waals surface area contributed by atoms with Gasteiger partial charge in [0.15, 0.2) is 0 Å². The zero-order valence-electron chi connectivity index (χ0n) is 12.1. The normalized spacial score (nSPS) is 10.1. The van der Waals surface area contributed by atoms with Crippen LogP contribution in [0.3, 0.4) is 0 Å². The summed E-state index contributed by atoms with van der Waals surface area (Å²) in [4.78, 5) is 0. The highest BCUT2D eigenvalue weighted by Crippen LogP contribution is 2.20. The summed E-state index contributed by atoms with van der Waals surface area (Å²) in [6, 6.07) is 15.9. The van der Waals surface area contributed by atoms with Crippen LogP contribution in [0.15, 0.2) is 48.5 Å². The first kappa shape index (κ1) is 14.3. The predicted octanol–water partition coefficient (Wildman–Crippen LogP) is 3.88. The van der Waals surface area contributed by atoms with Crippen molar-refractivity contribution in [3.05, 3.63) is 54.1 Å². The van der Waals surface area contributed by atoms with Gasteiger partial charge in [-0.1, -0.05) is 18.2 Å². The Bertz CT molecular complexity index is 526. The molecule has 0 saturated carbocycles. The van der Waals surface area contributed by atoms with Crippen molar-refractivity contribution in [1.29, 1.82) is 0 Å². The maximum atomic E-state index is 5.65. The Morgan fingerprint density at radius 3 is 2.50 bits per heavy atom. The average molecular weight is 271 g/mol. The summed E-state index contributed by atoms with van der Waals surface area (Å²) in [6.07, 6.45) is 0.959. The van der Waals surface area contributed by atoms with Crippen LogP contribution in [0.4, 0.5) is 5.69 Å². The Hall–Kier alpha value is -2.16. The van der Waals surface area contributed by atoms with E-state index < -0.39 is 0 Å². The number of hydrogen-bond acceptors (Lipinski definition) is 3. The van der Waals surface area contributed by atoms with Crippen molar-refractivity contribution >= 4 is 5.69 Å². The molecule has 0 amide bonds. The Morgan fingerprint density at radius 2 is 1.80 bits per heavy atom. The van der Waals surface area contributed by atoms with E-state index in [0.717, 1.165) is 30.2 Å². The van der Waals surface area contributed by atoms with E-state index in [0.29, 0.717) is 6.61 Å². The Balaban J connectivity index is 1.71. The van der Waals surface area contributed by atoms with E-state index in [1.807, 2.05) is 48.5 Å². The third-order valence-electron chi connectivity index (χ3n) is 3.08. The molecule has 2 aromatic rings.